The number of benzene rings is 1. The van der Waals surface area contributed by atoms with Gasteiger partial charge in [-0.1, -0.05) is 0 Å². The molecule has 2 aromatic rings. The zero-order valence-electron chi connectivity index (χ0n) is 10.4. The summed E-state index contributed by atoms with van der Waals surface area (Å²) in [5.41, 5.74) is 4.87. The molecule has 2 N–H and O–H groups in total. The van der Waals surface area contributed by atoms with Crippen molar-refractivity contribution >= 4 is 11.7 Å². The number of nitrogens with two attached hydrogens (primary N) is 1. The van der Waals surface area contributed by atoms with E-state index in [2.05, 4.69) is 9.72 Å². The van der Waals surface area contributed by atoms with E-state index in [9.17, 15) is 13.6 Å². The summed E-state index contributed by atoms with van der Waals surface area (Å²) in [7, 11) is 1.18. The number of esters is 1. The lowest BCUT2D eigenvalue weighted by Crippen LogP contribution is -2.05. The van der Waals surface area contributed by atoms with E-state index in [0.717, 1.165) is 12.1 Å². The fourth-order valence-electron chi connectivity index (χ4n) is 1.46. The Morgan fingerprint density at radius 3 is 2.75 bits per heavy atom. The topological polar surface area (TPSA) is 74.4 Å². The minimum atomic E-state index is -0.870. The number of anilines is 1. The highest BCUT2D eigenvalue weighted by Crippen LogP contribution is 2.28. The average molecular weight is 280 g/mol. The van der Waals surface area contributed by atoms with Gasteiger partial charge >= 0.3 is 5.97 Å². The molecule has 104 valence electrons. The lowest BCUT2D eigenvalue weighted by molar-refractivity contribution is 0.0597. The van der Waals surface area contributed by atoms with Crippen molar-refractivity contribution in [3.05, 3.63) is 47.7 Å². The Balaban J connectivity index is 2.40. The number of rotatable bonds is 3. The molecule has 1 heterocycles. The van der Waals surface area contributed by atoms with Gasteiger partial charge in [-0.05, 0) is 12.1 Å². The Bertz CT molecular complexity index is 662. The van der Waals surface area contributed by atoms with E-state index in [-0.39, 0.29) is 17.1 Å². The normalized spacial score (nSPS) is 10.2. The van der Waals surface area contributed by atoms with Gasteiger partial charge in [0.1, 0.15) is 11.4 Å². The summed E-state index contributed by atoms with van der Waals surface area (Å²) >= 11 is 0. The minimum absolute atomic E-state index is 0.00775. The molecule has 1 aromatic heterocycles. The van der Waals surface area contributed by atoms with Crippen molar-refractivity contribution in [2.24, 2.45) is 0 Å². The monoisotopic (exact) mass is 280 g/mol. The second kappa shape index (κ2) is 5.52. The molecule has 7 heteroatoms. The van der Waals surface area contributed by atoms with Crippen LogP contribution in [0.4, 0.5) is 14.5 Å². The number of hydrogen-bond acceptors (Lipinski definition) is 5. The highest BCUT2D eigenvalue weighted by Gasteiger charge is 2.17. The molecule has 0 aliphatic carbocycles. The molecule has 0 spiro atoms. The van der Waals surface area contributed by atoms with Crippen LogP contribution in [0.5, 0.6) is 11.6 Å². The first-order valence-corrected chi connectivity index (χ1v) is 5.48. The molecule has 2 rings (SSSR count). The van der Waals surface area contributed by atoms with Crippen LogP contribution in [0.25, 0.3) is 0 Å². The molecule has 0 aliphatic rings. The molecule has 0 aliphatic heterocycles. The third-order valence-electron chi connectivity index (χ3n) is 2.43. The van der Waals surface area contributed by atoms with Gasteiger partial charge in [-0.25, -0.2) is 18.6 Å². The van der Waals surface area contributed by atoms with E-state index in [4.69, 9.17) is 10.5 Å². The number of ether oxygens (including phenoxy) is 2. The SMILES string of the molecule is COC(=O)c1cccnc1Oc1cc(F)c(N)cc1F. The summed E-state index contributed by atoms with van der Waals surface area (Å²) in [6.07, 6.45) is 1.34. The molecular formula is C13H10F2N2O3. The average Bonchev–Trinajstić information content (AvgIpc) is 2.44. The molecular weight excluding hydrogens is 270 g/mol. The van der Waals surface area contributed by atoms with Crippen LogP contribution in [0.2, 0.25) is 0 Å². The number of hydrogen-bond donors (Lipinski definition) is 1. The lowest BCUT2D eigenvalue weighted by Gasteiger charge is -2.09. The van der Waals surface area contributed by atoms with Crippen LogP contribution >= 0.6 is 0 Å². The van der Waals surface area contributed by atoms with E-state index >= 15 is 0 Å². The third-order valence-corrected chi connectivity index (χ3v) is 2.43. The Hall–Kier alpha value is -2.70. The maximum Gasteiger partial charge on any atom is 0.343 e. The van der Waals surface area contributed by atoms with Crippen LogP contribution in [0.15, 0.2) is 30.5 Å². The van der Waals surface area contributed by atoms with Crippen LogP contribution in [0.1, 0.15) is 10.4 Å². The summed E-state index contributed by atoms with van der Waals surface area (Å²) in [5, 5.41) is 0. The van der Waals surface area contributed by atoms with Crippen LogP contribution in [0.3, 0.4) is 0 Å². The van der Waals surface area contributed by atoms with Crippen molar-refractivity contribution in [3.8, 4) is 11.6 Å². The number of carbonyl (C=O) groups is 1. The van der Waals surface area contributed by atoms with Gasteiger partial charge < -0.3 is 15.2 Å². The third kappa shape index (κ3) is 2.66. The predicted octanol–water partition coefficient (Wildman–Crippen LogP) is 2.52. The maximum absolute atomic E-state index is 13.6. The zero-order chi connectivity index (χ0) is 14.7. The Kier molecular flexibility index (Phi) is 3.79. The number of pyridine rings is 1. The summed E-state index contributed by atoms with van der Waals surface area (Å²) in [6.45, 7) is 0. The first-order valence-electron chi connectivity index (χ1n) is 5.48. The molecule has 20 heavy (non-hydrogen) atoms. The molecule has 0 amide bonds. The smallest absolute Gasteiger partial charge is 0.343 e. The highest BCUT2D eigenvalue weighted by atomic mass is 19.1. The molecule has 0 radical (unpaired) electrons. The summed E-state index contributed by atoms with van der Waals surface area (Å²) in [5.74, 6) is -3.03. The van der Waals surface area contributed by atoms with Crippen LogP contribution in [-0.4, -0.2) is 18.1 Å². The molecule has 0 bridgehead atoms. The number of nitrogens with zero attached hydrogens (tertiary/aromatic N) is 1. The fraction of sp³-hybridized carbons (Fsp3) is 0.0769. The van der Waals surface area contributed by atoms with E-state index in [1.807, 2.05) is 0 Å². The van der Waals surface area contributed by atoms with Crippen LogP contribution < -0.4 is 10.5 Å². The van der Waals surface area contributed by atoms with Crippen LogP contribution in [-0.2, 0) is 4.74 Å². The van der Waals surface area contributed by atoms with Gasteiger partial charge in [0.25, 0.3) is 0 Å². The first kappa shape index (κ1) is 13.7. The standard InChI is InChI=1S/C13H10F2N2O3/c1-19-13(18)7-3-2-4-17-12(7)20-11-6-8(14)10(16)5-9(11)15/h2-6H,16H2,1H3. The van der Waals surface area contributed by atoms with Crippen molar-refractivity contribution in [1.82, 2.24) is 4.98 Å². The minimum Gasteiger partial charge on any atom is -0.465 e. The number of halogens is 2. The highest BCUT2D eigenvalue weighted by molar-refractivity contribution is 5.91. The molecule has 0 fully saturated rings. The molecule has 0 unspecified atom stereocenters. The van der Waals surface area contributed by atoms with E-state index in [1.54, 1.807) is 0 Å². The van der Waals surface area contributed by atoms with Gasteiger partial charge in [0.05, 0.1) is 12.8 Å². The summed E-state index contributed by atoms with van der Waals surface area (Å²) < 4.78 is 36.6. The molecule has 0 saturated heterocycles. The van der Waals surface area contributed by atoms with Crippen LogP contribution in [0, 0.1) is 11.6 Å². The molecule has 1 aromatic carbocycles. The Labute approximate surface area is 112 Å². The maximum atomic E-state index is 13.6. The van der Waals surface area contributed by atoms with Crippen molar-refractivity contribution < 1.29 is 23.0 Å². The zero-order valence-corrected chi connectivity index (χ0v) is 10.4. The number of methoxy groups -OCH3 is 1. The van der Waals surface area contributed by atoms with Gasteiger partial charge in [0.2, 0.25) is 5.88 Å². The molecule has 5 nitrogen and oxygen atoms in total. The number of aromatic nitrogens is 1. The largest absolute Gasteiger partial charge is 0.465 e. The number of nitrogen functional groups attached to an aromatic ring is 1. The second-order valence-electron chi connectivity index (χ2n) is 3.75. The summed E-state index contributed by atoms with van der Waals surface area (Å²) in [6, 6.07) is 4.44. The predicted molar refractivity (Wildman–Crippen MR) is 66.4 cm³/mol. The van der Waals surface area contributed by atoms with Crippen molar-refractivity contribution in [3.63, 3.8) is 0 Å². The first-order chi connectivity index (χ1) is 9.52. The lowest BCUT2D eigenvalue weighted by atomic mass is 10.2. The summed E-state index contributed by atoms with van der Waals surface area (Å²) in [4.78, 5) is 15.3. The van der Waals surface area contributed by atoms with Crippen molar-refractivity contribution in [1.29, 1.82) is 0 Å². The van der Waals surface area contributed by atoms with Gasteiger partial charge in [-0.3, -0.25) is 0 Å². The van der Waals surface area contributed by atoms with Gasteiger partial charge in [0, 0.05) is 18.3 Å². The Morgan fingerprint density at radius 1 is 1.30 bits per heavy atom. The van der Waals surface area contributed by atoms with E-state index in [1.165, 1.54) is 25.4 Å². The molecule has 0 saturated carbocycles. The van der Waals surface area contributed by atoms with Crippen molar-refractivity contribution in [2.75, 3.05) is 12.8 Å². The van der Waals surface area contributed by atoms with Gasteiger partial charge in [0.15, 0.2) is 11.6 Å². The van der Waals surface area contributed by atoms with Gasteiger partial charge in [-0.2, -0.15) is 0 Å². The molecule has 0 atom stereocenters. The van der Waals surface area contributed by atoms with Gasteiger partial charge in [-0.15, -0.1) is 0 Å². The van der Waals surface area contributed by atoms with E-state index < -0.39 is 23.4 Å². The fourth-order valence-corrected chi connectivity index (χ4v) is 1.46. The second-order valence-corrected chi connectivity index (χ2v) is 3.75. The van der Waals surface area contributed by atoms with E-state index in [0.29, 0.717) is 0 Å². The Morgan fingerprint density at radius 2 is 2.05 bits per heavy atom. The quantitative estimate of drug-likeness (QED) is 0.690. The number of carbonyl (C=O) groups excluding carboxylic acids is 1. The van der Waals surface area contributed by atoms with Crippen molar-refractivity contribution in [2.45, 2.75) is 0 Å².